The van der Waals surface area contributed by atoms with Crippen molar-refractivity contribution in [3.63, 3.8) is 0 Å². The molecule has 0 aliphatic heterocycles. The van der Waals surface area contributed by atoms with Gasteiger partial charge in [-0.3, -0.25) is 9.78 Å². The number of amides is 1. The van der Waals surface area contributed by atoms with E-state index in [2.05, 4.69) is 16.9 Å². The summed E-state index contributed by atoms with van der Waals surface area (Å²) in [6.07, 6.45) is 8.03. The van der Waals surface area contributed by atoms with Gasteiger partial charge in [0, 0.05) is 25.0 Å². The molecule has 1 aliphatic carbocycles. The predicted octanol–water partition coefficient (Wildman–Crippen LogP) is 1.95. The number of hydrogen-bond acceptors (Lipinski definition) is 3. The van der Waals surface area contributed by atoms with Crippen molar-refractivity contribution in [3.8, 4) is 0 Å². The first kappa shape index (κ1) is 11.9. The van der Waals surface area contributed by atoms with Crippen molar-refractivity contribution < 1.29 is 4.79 Å². The summed E-state index contributed by atoms with van der Waals surface area (Å²) in [6.45, 7) is 0. The first-order valence-corrected chi connectivity index (χ1v) is 6.17. The number of nitrogens with two attached hydrogens (primary N) is 1. The van der Waals surface area contributed by atoms with Crippen LogP contribution in [0.4, 0.5) is 5.69 Å². The molecule has 2 rings (SSSR count). The molecular weight excluding hydrogens is 214 g/mol. The van der Waals surface area contributed by atoms with Gasteiger partial charge in [0.05, 0.1) is 0 Å². The van der Waals surface area contributed by atoms with Crippen molar-refractivity contribution in [1.82, 2.24) is 4.98 Å². The zero-order valence-electron chi connectivity index (χ0n) is 10.2. The van der Waals surface area contributed by atoms with Gasteiger partial charge in [0.1, 0.15) is 5.69 Å². The third kappa shape index (κ3) is 2.75. The Kier molecular flexibility index (Phi) is 3.61. The molecular formula is C13H19N3O. The summed E-state index contributed by atoms with van der Waals surface area (Å²) in [5.41, 5.74) is 6.61. The van der Waals surface area contributed by atoms with E-state index >= 15 is 0 Å². The molecule has 4 nitrogen and oxygen atoms in total. The van der Waals surface area contributed by atoms with Gasteiger partial charge in [-0.15, -0.1) is 0 Å². The number of pyridine rings is 1. The van der Waals surface area contributed by atoms with Crippen molar-refractivity contribution in [2.45, 2.75) is 38.1 Å². The number of aromatic nitrogens is 1. The third-order valence-electron chi connectivity index (χ3n) is 3.53. The van der Waals surface area contributed by atoms with E-state index < -0.39 is 5.91 Å². The number of hydrogen-bond donors (Lipinski definition) is 1. The van der Waals surface area contributed by atoms with Crippen molar-refractivity contribution in [1.29, 1.82) is 0 Å². The first-order chi connectivity index (χ1) is 8.18. The zero-order valence-corrected chi connectivity index (χ0v) is 10.2. The number of carbonyl (C=O) groups excluding carboxylic acids is 1. The lowest BCUT2D eigenvalue weighted by Crippen LogP contribution is -2.33. The van der Waals surface area contributed by atoms with Crippen LogP contribution in [0.2, 0.25) is 0 Å². The number of rotatable bonds is 3. The molecule has 1 aromatic heterocycles. The van der Waals surface area contributed by atoms with Crippen LogP contribution in [0.1, 0.15) is 42.6 Å². The molecule has 0 atom stereocenters. The Morgan fingerprint density at radius 3 is 2.76 bits per heavy atom. The van der Waals surface area contributed by atoms with Gasteiger partial charge in [0.2, 0.25) is 0 Å². The van der Waals surface area contributed by atoms with Crippen LogP contribution in [-0.4, -0.2) is 24.0 Å². The number of anilines is 1. The molecule has 0 saturated heterocycles. The molecule has 0 spiro atoms. The van der Waals surface area contributed by atoms with Gasteiger partial charge >= 0.3 is 0 Å². The van der Waals surface area contributed by atoms with Crippen LogP contribution in [0.3, 0.4) is 0 Å². The minimum absolute atomic E-state index is 0.338. The summed E-state index contributed by atoms with van der Waals surface area (Å²) >= 11 is 0. The smallest absolute Gasteiger partial charge is 0.267 e. The molecule has 0 bridgehead atoms. The van der Waals surface area contributed by atoms with Gasteiger partial charge < -0.3 is 10.6 Å². The van der Waals surface area contributed by atoms with Crippen molar-refractivity contribution in [3.05, 3.63) is 24.0 Å². The second kappa shape index (κ2) is 5.17. The van der Waals surface area contributed by atoms with Crippen LogP contribution in [-0.2, 0) is 0 Å². The second-order valence-corrected chi connectivity index (χ2v) is 4.67. The monoisotopic (exact) mass is 233 g/mol. The van der Waals surface area contributed by atoms with E-state index in [0.717, 1.165) is 5.69 Å². The molecule has 1 heterocycles. The first-order valence-electron chi connectivity index (χ1n) is 6.17. The van der Waals surface area contributed by atoms with Crippen LogP contribution >= 0.6 is 0 Å². The normalized spacial score (nSPS) is 16.8. The highest BCUT2D eigenvalue weighted by Gasteiger charge is 2.18. The van der Waals surface area contributed by atoms with E-state index in [0.29, 0.717) is 11.7 Å². The van der Waals surface area contributed by atoms with E-state index in [1.54, 1.807) is 12.3 Å². The average Bonchev–Trinajstić information content (AvgIpc) is 2.39. The largest absolute Gasteiger partial charge is 0.372 e. The Bertz CT molecular complexity index is 399. The highest BCUT2D eigenvalue weighted by Crippen LogP contribution is 2.25. The standard InChI is InChI=1S/C13H19N3O/c1-16(10-5-3-2-4-6-10)11-7-8-15-12(9-11)13(14)17/h7-10H,2-6H2,1H3,(H2,14,17). The molecule has 1 fully saturated rings. The second-order valence-electron chi connectivity index (χ2n) is 4.67. The van der Waals surface area contributed by atoms with Crippen LogP contribution in [0.5, 0.6) is 0 Å². The van der Waals surface area contributed by atoms with Gasteiger partial charge in [-0.2, -0.15) is 0 Å². The summed E-state index contributed by atoms with van der Waals surface area (Å²) in [6, 6.07) is 4.28. The molecule has 2 N–H and O–H groups in total. The molecule has 92 valence electrons. The zero-order chi connectivity index (χ0) is 12.3. The highest BCUT2D eigenvalue weighted by molar-refractivity contribution is 5.91. The summed E-state index contributed by atoms with van der Waals surface area (Å²) in [4.78, 5) is 17.3. The predicted molar refractivity (Wildman–Crippen MR) is 68.0 cm³/mol. The molecule has 4 heteroatoms. The van der Waals surface area contributed by atoms with Crippen molar-refractivity contribution in [2.75, 3.05) is 11.9 Å². The topological polar surface area (TPSA) is 59.2 Å². The molecule has 17 heavy (non-hydrogen) atoms. The van der Waals surface area contributed by atoms with Crippen molar-refractivity contribution in [2.24, 2.45) is 5.73 Å². The Balaban J connectivity index is 2.14. The van der Waals surface area contributed by atoms with Crippen LogP contribution in [0.15, 0.2) is 18.3 Å². The Morgan fingerprint density at radius 2 is 2.12 bits per heavy atom. The fraction of sp³-hybridized carbons (Fsp3) is 0.538. The number of primary amides is 1. The molecule has 1 saturated carbocycles. The molecule has 0 radical (unpaired) electrons. The lowest BCUT2D eigenvalue weighted by Gasteiger charge is -2.33. The summed E-state index contributed by atoms with van der Waals surface area (Å²) < 4.78 is 0. The molecule has 1 aliphatic rings. The number of carbonyl (C=O) groups is 1. The summed E-state index contributed by atoms with van der Waals surface area (Å²) in [5, 5.41) is 0. The lowest BCUT2D eigenvalue weighted by molar-refractivity contribution is 0.0995. The Labute approximate surface area is 102 Å². The van der Waals surface area contributed by atoms with E-state index in [-0.39, 0.29) is 0 Å². The average molecular weight is 233 g/mol. The summed E-state index contributed by atoms with van der Waals surface area (Å²) in [5.74, 6) is -0.469. The van der Waals surface area contributed by atoms with Crippen LogP contribution in [0, 0.1) is 0 Å². The maximum atomic E-state index is 11.1. The highest BCUT2D eigenvalue weighted by atomic mass is 16.1. The van der Waals surface area contributed by atoms with Gasteiger partial charge in [0.25, 0.3) is 5.91 Å². The summed E-state index contributed by atoms with van der Waals surface area (Å²) in [7, 11) is 2.08. The van der Waals surface area contributed by atoms with E-state index in [1.807, 2.05) is 6.07 Å². The van der Waals surface area contributed by atoms with E-state index in [1.165, 1.54) is 32.1 Å². The molecule has 1 aromatic rings. The maximum Gasteiger partial charge on any atom is 0.267 e. The Morgan fingerprint density at radius 1 is 1.41 bits per heavy atom. The molecule has 1 amide bonds. The van der Waals surface area contributed by atoms with E-state index in [4.69, 9.17) is 5.73 Å². The Hall–Kier alpha value is -1.58. The van der Waals surface area contributed by atoms with Crippen LogP contribution in [0.25, 0.3) is 0 Å². The minimum atomic E-state index is -0.469. The van der Waals surface area contributed by atoms with Crippen LogP contribution < -0.4 is 10.6 Å². The van der Waals surface area contributed by atoms with Gasteiger partial charge in [-0.25, -0.2) is 0 Å². The number of nitrogens with zero attached hydrogens (tertiary/aromatic N) is 2. The molecule has 0 unspecified atom stereocenters. The fourth-order valence-electron chi connectivity index (χ4n) is 2.45. The van der Waals surface area contributed by atoms with E-state index in [9.17, 15) is 4.79 Å². The van der Waals surface area contributed by atoms with Gasteiger partial charge in [-0.1, -0.05) is 19.3 Å². The minimum Gasteiger partial charge on any atom is -0.372 e. The fourth-order valence-corrected chi connectivity index (χ4v) is 2.45. The van der Waals surface area contributed by atoms with Gasteiger partial charge in [-0.05, 0) is 25.0 Å². The quantitative estimate of drug-likeness (QED) is 0.868. The van der Waals surface area contributed by atoms with Crippen molar-refractivity contribution >= 4 is 11.6 Å². The SMILES string of the molecule is CN(c1ccnc(C(N)=O)c1)C1CCCCC1. The molecule has 0 aromatic carbocycles. The maximum absolute atomic E-state index is 11.1. The third-order valence-corrected chi connectivity index (χ3v) is 3.53. The van der Waals surface area contributed by atoms with Gasteiger partial charge in [0.15, 0.2) is 0 Å². The lowest BCUT2D eigenvalue weighted by atomic mass is 9.94.